The third kappa shape index (κ3) is 2.98. The van der Waals surface area contributed by atoms with Crippen molar-refractivity contribution in [2.24, 2.45) is 0 Å². The highest BCUT2D eigenvalue weighted by molar-refractivity contribution is 5.62. The maximum absolute atomic E-state index is 9.80. The second-order valence-electron chi connectivity index (χ2n) is 7.71. The Morgan fingerprint density at radius 2 is 2.21 bits per heavy atom. The lowest BCUT2D eigenvalue weighted by atomic mass is 9.61. The quantitative estimate of drug-likeness (QED) is 0.764. The van der Waals surface area contributed by atoms with Crippen LogP contribution in [0.2, 0.25) is 0 Å². The van der Waals surface area contributed by atoms with Crippen molar-refractivity contribution in [2.45, 2.75) is 70.1 Å². The maximum atomic E-state index is 9.80. The van der Waals surface area contributed by atoms with Gasteiger partial charge in [-0.2, -0.15) is 0 Å². The van der Waals surface area contributed by atoms with E-state index in [1.165, 1.54) is 0 Å². The summed E-state index contributed by atoms with van der Waals surface area (Å²) in [6, 6.07) is 0. The molecule has 1 aliphatic heterocycles. The highest BCUT2D eigenvalue weighted by atomic mass is 16.8. The molecule has 4 heteroatoms. The molecule has 2 N–H and O–H groups in total. The molecule has 2 atom stereocenters. The molecule has 0 unspecified atom stereocenters. The lowest BCUT2D eigenvalue weighted by molar-refractivity contribution is -0.153. The van der Waals surface area contributed by atoms with Gasteiger partial charge in [-0.25, -0.2) is 0 Å². The van der Waals surface area contributed by atoms with Crippen molar-refractivity contribution in [2.75, 3.05) is 6.61 Å². The SMILES string of the molecule is CC(C)(O)/C=C/C#C/C(CO)=C1/C2=CCCC[C@@]23OC(C)(C)O[C@@H]13. The second-order valence-corrected chi connectivity index (χ2v) is 7.71. The summed E-state index contributed by atoms with van der Waals surface area (Å²) >= 11 is 0. The molecule has 0 aromatic carbocycles. The van der Waals surface area contributed by atoms with Crippen molar-refractivity contribution in [1.29, 1.82) is 0 Å². The van der Waals surface area contributed by atoms with Gasteiger partial charge in [-0.1, -0.05) is 17.9 Å². The first kappa shape index (κ1) is 17.4. The molecule has 24 heavy (non-hydrogen) atoms. The fourth-order valence-electron chi connectivity index (χ4n) is 3.77. The number of aliphatic hydroxyl groups is 2. The van der Waals surface area contributed by atoms with E-state index in [2.05, 4.69) is 17.9 Å². The average molecular weight is 330 g/mol. The second kappa shape index (κ2) is 5.86. The van der Waals surface area contributed by atoms with E-state index < -0.39 is 11.4 Å². The largest absolute Gasteiger partial charge is 0.391 e. The predicted octanol–water partition coefficient (Wildman–Crippen LogP) is 2.62. The number of hydrogen-bond donors (Lipinski definition) is 2. The van der Waals surface area contributed by atoms with Crippen molar-refractivity contribution < 1.29 is 19.7 Å². The van der Waals surface area contributed by atoms with Crippen molar-refractivity contribution >= 4 is 0 Å². The van der Waals surface area contributed by atoms with Crippen LogP contribution in [0.3, 0.4) is 0 Å². The minimum absolute atomic E-state index is 0.133. The van der Waals surface area contributed by atoms with Crippen LogP contribution in [0.4, 0.5) is 0 Å². The average Bonchev–Trinajstić information content (AvgIpc) is 2.68. The minimum Gasteiger partial charge on any atom is -0.391 e. The molecule has 1 saturated heterocycles. The van der Waals surface area contributed by atoms with Crippen LogP contribution in [0.5, 0.6) is 0 Å². The molecule has 3 rings (SSSR count). The van der Waals surface area contributed by atoms with Crippen LogP contribution < -0.4 is 0 Å². The van der Waals surface area contributed by atoms with Crippen LogP contribution in [0.25, 0.3) is 0 Å². The molecular formula is C20H26O4. The van der Waals surface area contributed by atoms with E-state index in [9.17, 15) is 10.2 Å². The summed E-state index contributed by atoms with van der Waals surface area (Å²) in [6.07, 6.45) is 8.33. The number of rotatable bonds is 2. The van der Waals surface area contributed by atoms with E-state index >= 15 is 0 Å². The number of aliphatic hydroxyl groups excluding tert-OH is 1. The lowest BCUT2D eigenvalue weighted by Gasteiger charge is -2.49. The first-order valence-corrected chi connectivity index (χ1v) is 8.53. The number of hydrogen-bond acceptors (Lipinski definition) is 4. The number of ether oxygens (including phenoxy) is 2. The summed E-state index contributed by atoms with van der Waals surface area (Å²) in [7, 11) is 0. The van der Waals surface area contributed by atoms with Gasteiger partial charge in [-0.05, 0) is 64.7 Å². The van der Waals surface area contributed by atoms with Gasteiger partial charge in [0.25, 0.3) is 0 Å². The van der Waals surface area contributed by atoms with Gasteiger partial charge in [0.1, 0.15) is 11.7 Å². The van der Waals surface area contributed by atoms with Gasteiger partial charge in [-0.3, -0.25) is 0 Å². The van der Waals surface area contributed by atoms with Crippen LogP contribution in [-0.4, -0.2) is 39.9 Å². The first-order chi connectivity index (χ1) is 11.2. The zero-order valence-corrected chi connectivity index (χ0v) is 14.8. The molecule has 0 aromatic rings. The zero-order valence-electron chi connectivity index (χ0n) is 14.8. The molecule has 2 fully saturated rings. The summed E-state index contributed by atoms with van der Waals surface area (Å²) in [5.74, 6) is 5.30. The summed E-state index contributed by atoms with van der Waals surface area (Å²) in [5.41, 5.74) is 1.53. The molecule has 2 aliphatic carbocycles. The molecule has 0 amide bonds. The monoisotopic (exact) mass is 330 g/mol. The van der Waals surface area contributed by atoms with Crippen LogP contribution in [0.15, 0.2) is 34.9 Å². The number of allylic oxidation sites excluding steroid dienone is 2. The Kier molecular flexibility index (Phi) is 4.26. The Hall–Kier alpha value is -1.38. The van der Waals surface area contributed by atoms with E-state index in [1.807, 2.05) is 13.8 Å². The fourth-order valence-corrected chi connectivity index (χ4v) is 3.77. The topological polar surface area (TPSA) is 58.9 Å². The highest BCUT2D eigenvalue weighted by Gasteiger charge is 2.66. The Morgan fingerprint density at radius 3 is 2.88 bits per heavy atom. The summed E-state index contributed by atoms with van der Waals surface area (Å²) in [5, 5.41) is 19.5. The van der Waals surface area contributed by atoms with Crippen LogP contribution in [-0.2, 0) is 9.47 Å². The normalized spacial score (nSPS) is 33.1. The molecule has 1 heterocycles. The smallest absolute Gasteiger partial charge is 0.165 e. The molecule has 130 valence electrons. The van der Waals surface area contributed by atoms with Gasteiger partial charge >= 0.3 is 0 Å². The van der Waals surface area contributed by atoms with Crippen molar-refractivity contribution in [1.82, 2.24) is 0 Å². The summed E-state index contributed by atoms with van der Waals surface area (Å²) in [6.45, 7) is 7.11. The van der Waals surface area contributed by atoms with E-state index in [0.29, 0.717) is 5.57 Å². The van der Waals surface area contributed by atoms with Crippen LogP contribution in [0, 0.1) is 11.8 Å². The van der Waals surface area contributed by atoms with E-state index in [4.69, 9.17) is 9.47 Å². The zero-order chi connectivity index (χ0) is 17.6. The standard InChI is InChI=1S/C20H26O4/c1-18(2,22)11-7-5-9-14(13-21)16-15-10-6-8-12-20(15)17(16)23-19(3,4)24-20/h7,10-11,17,21-22H,6,8,12-13H2,1-4H3/b11-7+,16-14+/t17-,20+/m0/s1. The Morgan fingerprint density at radius 1 is 1.46 bits per heavy atom. The molecule has 1 saturated carbocycles. The Labute approximate surface area is 143 Å². The summed E-state index contributed by atoms with van der Waals surface area (Å²) < 4.78 is 12.3. The Balaban J connectivity index is 1.95. The fraction of sp³-hybridized carbons (Fsp3) is 0.600. The molecule has 3 aliphatic rings. The van der Waals surface area contributed by atoms with Crippen LogP contribution in [0.1, 0.15) is 47.0 Å². The minimum atomic E-state index is -0.898. The molecule has 0 bridgehead atoms. The molecular weight excluding hydrogens is 304 g/mol. The van der Waals surface area contributed by atoms with Gasteiger partial charge in [0.2, 0.25) is 0 Å². The van der Waals surface area contributed by atoms with E-state index in [0.717, 1.165) is 30.4 Å². The highest BCUT2D eigenvalue weighted by Crippen LogP contribution is 2.60. The van der Waals surface area contributed by atoms with Crippen molar-refractivity contribution in [3.05, 3.63) is 34.9 Å². The predicted molar refractivity (Wildman–Crippen MR) is 92.0 cm³/mol. The Bertz CT molecular complexity index is 679. The first-order valence-electron chi connectivity index (χ1n) is 8.53. The van der Waals surface area contributed by atoms with Crippen molar-refractivity contribution in [3.8, 4) is 11.8 Å². The van der Waals surface area contributed by atoms with E-state index in [-0.39, 0.29) is 18.3 Å². The van der Waals surface area contributed by atoms with E-state index in [1.54, 1.807) is 26.0 Å². The summed E-state index contributed by atoms with van der Waals surface area (Å²) in [4.78, 5) is 0. The van der Waals surface area contributed by atoms with Crippen molar-refractivity contribution in [3.63, 3.8) is 0 Å². The third-order valence-electron chi connectivity index (χ3n) is 4.64. The lowest BCUT2D eigenvalue weighted by Crippen LogP contribution is -2.55. The van der Waals surface area contributed by atoms with Gasteiger partial charge < -0.3 is 19.7 Å². The third-order valence-corrected chi connectivity index (χ3v) is 4.64. The maximum Gasteiger partial charge on any atom is 0.165 e. The van der Waals surface area contributed by atoms with Crippen LogP contribution >= 0.6 is 0 Å². The van der Waals surface area contributed by atoms with Gasteiger partial charge in [0.15, 0.2) is 5.79 Å². The molecule has 1 spiro atoms. The molecule has 4 nitrogen and oxygen atoms in total. The molecule has 0 aromatic heterocycles. The van der Waals surface area contributed by atoms with Gasteiger partial charge in [0.05, 0.1) is 12.2 Å². The van der Waals surface area contributed by atoms with Gasteiger partial charge in [0, 0.05) is 11.1 Å². The molecule has 0 radical (unpaired) electrons. The van der Waals surface area contributed by atoms with Gasteiger partial charge in [-0.15, -0.1) is 0 Å².